The summed E-state index contributed by atoms with van der Waals surface area (Å²) in [6.45, 7) is 5.99. The van der Waals surface area contributed by atoms with Gasteiger partial charge in [0, 0.05) is 5.92 Å². The first-order valence-electron chi connectivity index (χ1n) is 7.65. The Hall–Kier alpha value is -1.58. The smallest absolute Gasteiger partial charge is 0.223 e. The fraction of sp³-hybridized carbons (Fsp3) is 0.389. The third-order valence-corrected chi connectivity index (χ3v) is 4.57. The molecule has 2 unspecified atom stereocenters. The number of rotatable bonds is 4. The molecule has 0 bridgehead atoms. The van der Waals surface area contributed by atoms with E-state index in [0.717, 1.165) is 18.7 Å². The summed E-state index contributed by atoms with van der Waals surface area (Å²) in [6.07, 6.45) is 0. The standard InChI is InChI=1S/C18H22N2O.ClH/c1-12(17-10-19-11-17)18(21)20-13(2)15-8-7-14-5-3-4-6-16(14)9-15;/h3-9,12-13,17,19H,10-11H2,1-2H3,(H,20,21);1H. The van der Waals surface area contributed by atoms with Gasteiger partial charge in [-0.3, -0.25) is 4.79 Å². The van der Waals surface area contributed by atoms with Crippen LogP contribution >= 0.6 is 12.4 Å². The van der Waals surface area contributed by atoms with Crippen LogP contribution in [0.1, 0.15) is 25.5 Å². The first kappa shape index (κ1) is 16.8. The Bertz CT molecular complexity index is 654. The van der Waals surface area contributed by atoms with Gasteiger partial charge in [0.05, 0.1) is 6.04 Å². The van der Waals surface area contributed by atoms with Crippen LogP contribution in [0.25, 0.3) is 10.8 Å². The number of halogens is 1. The van der Waals surface area contributed by atoms with Gasteiger partial charge in [-0.15, -0.1) is 12.4 Å². The average Bonchev–Trinajstić information content (AvgIpc) is 2.44. The van der Waals surface area contributed by atoms with E-state index in [0.29, 0.717) is 5.92 Å². The highest BCUT2D eigenvalue weighted by molar-refractivity contribution is 5.85. The minimum atomic E-state index is 0. The van der Waals surface area contributed by atoms with Crippen molar-refractivity contribution in [1.29, 1.82) is 0 Å². The first-order valence-corrected chi connectivity index (χ1v) is 7.65. The quantitative estimate of drug-likeness (QED) is 0.908. The monoisotopic (exact) mass is 318 g/mol. The molecule has 2 N–H and O–H groups in total. The van der Waals surface area contributed by atoms with Gasteiger partial charge in [0.1, 0.15) is 0 Å². The summed E-state index contributed by atoms with van der Waals surface area (Å²) < 4.78 is 0. The van der Waals surface area contributed by atoms with Gasteiger partial charge in [-0.1, -0.05) is 43.3 Å². The van der Waals surface area contributed by atoms with Crippen molar-refractivity contribution in [3.05, 3.63) is 48.0 Å². The fourth-order valence-electron chi connectivity index (χ4n) is 2.78. The third-order valence-electron chi connectivity index (χ3n) is 4.57. The van der Waals surface area contributed by atoms with E-state index in [9.17, 15) is 4.79 Å². The van der Waals surface area contributed by atoms with Crippen LogP contribution in [-0.2, 0) is 4.79 Å². The number of amides is 1. The molecule has 1 aliphatic heterocycles. The molecule has 118 valence electrons. The highest BCUT2D eigenvalue weighted by Gasteiger charge is 2.29. The lowest BCUT2D eigenvalue weighted by molar-refractivity contribution is -0.127. The summed E-state index contributed by atoms with van der Waals surface area (Å²) >= 11 is 0. The molecule has 2 aromatic carbocycles. The Morgan fingerprint density at radius 3 is 2.45 bits per heavy atom. The lowest BCUT2D eigenvalue weighted by atomic mass is 9.88. The lowest BCUT2D eigenvalue weighted by Gasteiger charge is -2.32. The maximum Gasteiger partial charge on any atom is 0.223 e. The van der Waals surface area contributed by atoms with Crippen LogP contribution in [0, 0.1) is 11.8 Å². The SMILES string of the molecule is CC(NC(=O)C(C)C1CNC1)c1ccc2ccccc2c1.Cl. The fourth-order valence-corrected chi connectivity index (χ4v) is 2.78. The molecule has 3 rings (SSSR count). The van der Waals surface area contributed by atoms with Crippen molar-refractivity contribution in [2.45, 2.75) is 19.9 Å². The number of hydrogen-bond acceptors (Lipinski definition) is 2. The van der Waals surface area contributed by atoms with Crippen LogP contribution in [0.5, 0.6) is 0 Å². The zero-order valence-electron chi connectivity index (χ0n) is 13.0. The summed E-state index contributed by atoms with van der Waals surface area (Å²) in [7, 11) is 0. The number of carbonyl (C=O) groups is 1. The molecule has 1 aliphatic rings. The van der Waals surface area contributed by atoms with Gasteiger partial charge >= 0.3 is 0 Å². The van der Waals surface area contributed by atoms with Crippen molar-refractivity contribution in [2.24, 2.45) is 11.8 Å². The summed E-state index contributed by atoms with van der Waals surface area (Å²) in [5.41, 5.74) is 1.15. The molecule has 4 heteroatoms. The molecular weight excluding hydrogens is 296 g/mol. The maximum absolute atomic E-state index is 12.3. The van der Waals surface area contributed by atoms with Crippen molar-refractivity contribution in [2.75, 3.05) is 13.1 Å². The Balaban J connectivity index is 0.00000176. The first-order chi connectivity index (χ1) is 10.1. The number of fused-ring (bicyclic) bond motifs is 1. The largest absolute Gasteiger partial charge is 0.349 e. The number of nitrogens with one attached hydrogen (secondary N) is 2. The van der Waals surface area contributed by atoms with E-state index in [1.807, 2.05) is 26.0 Å². The summed E-state index contributed by atoms with van der Waals surface area (Å²) in [4.78, 5) is 12.3. The molecule has 1 amide bonds. The van der Waals surface area contributed by atoms with Crippen LogP contribution in [0.4, 0.5) is 0 Å². The predicted octanol–water partition coefficient (Wildman–Crippen LogP) is 3.29. The van der Waals surface area contributed by atoms with Crippen molar-refractivity contribution in [3.8, 4) is 0 Å². The molecule has 1 fully saturated rings. The van der Waals surface area contributed by atoms with Crippen molar-refractivity contribution in [1.82, 2.24) is 10.6 Å². The number of carbonyl (C=O) groups excluding carboxylic acids is 1. The molecule has 0 radical (unpaired) electrons. The molecule has 3 nitrogen and oxygen atoms in total. The Kier molecular flexibility index (Phi) is 5.43. The van der Waals surface area contributed by atoms with Gasteiger partial charge in [0.15, 0.2) is 0 Å². The van der Waals surface area contributed by atoms with E-state index in [2.05, 4.69) is 41.0 Å². The molecule has 1 heterocycles. The highest BCUT2D eigenvalue weighted by Crippen LogP contribution is 2.22. The zero-order chi connectivity index (χ0) is 14.8. The molecule has 0 spiro atoms. The van der Waals surface area contributed by atoms with Crippen molar-refractivity contribution >= 4 is 29.1 Å². The van der Waals surface area contributed by atoms with E-state index < -0.39 is 0 Å². The zero-order valence-corrected chi connectivity index (χ0v) is 13.8. The molecule has 1 saturated heterocycles. The second-order valence-electron chi connectivity index (χ2n) is 6.04. The molecule has 0 saturated carbocycles. The molecule has 2 aromatic rings. The second kappa shape index (κ2) is 7.12. The Labute approximate surface area is 137 Å². The van der Waals surface area contributed by atoms with E-state index in [4.69, 9.17) is 0 Å². The van der Waals surface area contributed by atoms with E-state index in [1.54, 1.807) is 0 Å². The van der Waals surface area contributed by atoms with E-state index in [-0.39, 0.29) is 30.3 Å². The molecule has 2 atom stereocenters. The van der Waals surface area contributed by atoms with Gasteiger partial charge in [0.25, 0.3) is 0 Å². The minimum Gasteiger partial charge on any atom is -0.349 e. The van der Waals surface area contributed by atoms with Crippen molar-refractivity contribution in [3.63, 3.8) is 0 Å². The van der Waals surface area contributed by atoms with Crippen LogP contribution in [0.15, 0.2) is 42.5 Å². The Morgan fingerprint density at radius 1 is 1.14 bits per heavy atom. The van der Waals surface area contributed by atoms with Crippen LogP contribution in [0.2, 0.25) is 0 Å². The van der Waals surface area contributed by atoms with Gasteiger partial charge < -0.3 is 10.6 Å². The van der Waals surface area contributed by atoms with Gasteiger partial charge in [-0.05, 0) is 48.3 Å². The summed E-state index contributed by atoms with van der Waals surface area (Å²) in [6, 6.07) is 14.7. The molecule has 0 aliphatic carbocycles. The molecule has 0 aromatic heterocycles. The van der Waals surface area contributed by atoms with Crippen LogP contribution < -0.4 is 10.6 Å². The Morgan fingerprint density at radius 2 is 1.82 bits per heavy atom. The van der Waals surface area contributed by atoms with Crippen LogP contribution in [0.3, 0.4) is 0 Å². The van der Waals surface area contributed by atoms with Gasteiger partial charge in [-0.2, -0.15) is 0 Å². The van der Waals surface area contributed by atoms with Gasteiger partial charge in [-0.25, -0.2) is 0 Å². The topological polar surface area (TPSA) is 41.1 Å². The summed E-state index contributed by atoms with van der Waals surface area (Å²) in [5, 5.41) is 8.81. The predicted molar refractivity (Wildman–Crippen MR) is 93.3 cm³/mol. The number of hydrogen-bond donors (Lipinski definition) is 2. The summed E-state index contributed by atoms with van der Waals surface area (Å²) in [5.74, 6) is 0.713. The molecular formula is C18H23ClN2O. The average molecular weight is 319 g/mol. The maximum atomic E-state index is 12.3. The second-order valence-corrected chi connectivity index (χ2v) is 6.04. The highest BCUT2D eigenvalue weighted by atomic mass is 35.5. The van der Waals surface area contributed by atoms with Gasteiger partial charge in [0.2, 0.25) is 5.91 Å². The number of benzene rings is 2. The van der Waals surface area contributed by atoms with Crippen LogP contribution in [-0.4, -0.2) is 19.0 Å². The van der Waals surface area contributed by atoms with E-state index >= 15 is 0 Å². The minimum absolute atomic E-state index is 0. The van der Waals surface area contributed by atoms with Crippen molar-refractivity contribution < 1.29 is 4.79 Å². The normalized spacial score (nSPS) is 17.2. The molecule has 22 heavy (non-hydrogen) atoms. The third kappa shape index (κ3) is 3.42. The van der Waals surface area contributed by atoms with E-state index in [1.165, 1.54) is 10.8 Å². The lowest BCUT2D eigenvalue weighted by Crippen LogP contribution is -2.49.